The predicted molar refractivity (Wildman–Crippen MR) is 92.2 cm³/mol. The fourth-order valence-electron chi connectivity index (χ4n) is 1.81. The standard InChI is InChI=1S/C15H21Cl2NO4S/c1-9(2)7-22-8-10(3)18-15(19)11-5-14(23(4,20)21)13(17)6-12(11)16/h5-6,9-10H,7-8H2,1-4H3,(H,18,19)/t10-/m1/s1. The minimum absolute atomic E-state index is 0.0117. The number of amides is 1. The minimum atomic E-state index is -3.55. The summed E-state index contributed by atoms with van der Waals surface area (Å²) >= 11 is 11.9. The van der Waals surface area contributed by atoms with Crippen molar-refractivity contribution in [3.05, 3.63) is 27.7 Å². The molecule has 0 aliphatic rings. The number of sulfone groups is 1. The van der Waals surface area contributed by atoms with Crippen molar-refractivity contribution >= 4 is 38.9 Å². The zero-order valence-electron chi connectivity index (χ0n) is 13.5. The van der Waals surface area contributed by atoms with Crippen molar-refractivity contribution in [1.29, 1.82) is 0 Å². The monoisotopic (exact) mass is 381 g/mol. The Morgan fingerprint density at radius 1 is 1.17 bits per heavy atom. The molecular weight excluding hydrogens is 361 g/mol. The van der Waals surface area contributed by atoms with Crippen LogP contribution in [0, 0.1) is 5.92 Å². The summed E-state index contributed by atoms with van der Waals surface area (Å²) in [7, 11) is -3.55. The summed E-state index contributed by atoms with van der Waals surface area (Å²) in [6.07, 6.45) is 1.02. The molecule has 5 nitrogen and oxygen atoms in total. The van der Waals surface area contributed by atoms with Crippen molar-refractivity contribution in [2.75, 3.05) is 19.5 Å². The predicted octanol–water partition coefficient (Wildman–Crippen LogP) is 3.19. The van der Waals surface area contributed by atoms with Crippen LogP contribution in [0.4, 0.5) is 0 Å². The highest BCUT2D eigenvalue weighted by molar-refractivity contribution is 7.90. The maximum atomic E-state index is 12.3. The van der Waals surface area contributed by atoms with Crippen molar-refractivity contribution in [3.8, 4) is 0 Å². The molecule has 8 heteroatoms. The Morgan fingerprint density at radius 3 is 2.30 bits per heavy atom. The van der Waals surface area contributed by atoms with Gasteiger partial charge in [0.25, 0.3) is 5.91 Å². The van der Waals surface area contributed by atoms with Crippen LogP contribution in [0.25, 0.3) is 0 Å². The van der Waals surface area contributed by atoms with Gasteiger partial charge >= 0.3 is 0 Å². The molecule has 1 amide bonds. The quantitative estimate of drug-likeness (QED) is 0.786. The molecule has 0 radical (unpaired) electrons. The van der Waals surface area contributed by atoms with Crippen molar-refractivity contribution in [2.24, 2.45) is 5.92 Å². The number of carbonyl (C=O) groups is 1. The first-order valence-corrected chi connectivity index (χ1v) is 9.74. The van der Waals surface area contributed by atoms with Crippen LogP contribution in [0.3, 0.4) is 0 Å². The van der Waals surface area contributed by atoms with Crippen molar-refractivity contribution in [1.82, 2.24) is 5.32 Å². The maximum Gasteiger partial charge on any atom is 0.253 e. The molecule has 1 atom stereocenters. The van der Waals surface area contributed by atoms with Gasteiger partial charge in [-0.2, -0.15) is 0 Å². The second-order valence-corrected chi connectivity index (χ2v) is 8.64. The highest BCUT2D eigenvalue weighted by Gasteiger charge is 2.20. The minimum Gasteiger partial charge on any atom is -0.379 e. The molecule has 1 aromatic carbocycles. The van der Waals surface area contributed by atoms with E-state index in [4.69, 9.17) is 27.9 Å². The number of halogens is 2. The third-order valence-electron chi connectivity index (χ3n) is 2.86. The molecule has 0 fully saturated rings. The Hall–Kier alpha value is -0.820. The van der Waals surface area contributed by atoms with Gasteiger partial charge in [0.05, 0.1) is 27.1 Å². The van der Waals surface area contributed by atoms with Crippen LogP contribution in [0.1, 0.15) is 31.1 Å². The molecule has 1 N–H and O–H groups in total. The summed E-state index contributed by atoms with van der Waals surface area (Å²) in [6, 6.07) is 2.21. The Labute approximate surface area is 147 Å². The Bertz CT molecular complexity index is 674. The largest absolute Gasteiger partial charge is 0.379 e. The normalized spacial score (nSPS) is 13.2. The van der Waals surface area contributed by atoms with Crippen LogP contribution in [-0.2, 0) is 14.6 Å². The lowest BCUT2D eigenvalue weighted by molar-refractivity contribution is 0.0791. The Balaban J connectivity index is 2.88. The lowest BCUT2D eigenvalue weighted by atomic mass is 10.2. The summed E-state index contributed by atoms with van der Waals surface area (Å²) in [5, 5.41) is 2.80. The van der Waals surface area contributed by atoms with Crippen molar-refractivity contribution < 1.29 is 17.9 Å². The Kier molecular flexibility index (Phi) is 7.32. The maximum absolute atomic E-state index is 12.3. The molecule has 0 aliphatic heterocycles. The van der Waals surface area contributed by atoms with E-state index in [0.29, 0.717) is 19.1 Å². The van der Waals surface area contributed by atoms with Crippen LogP contribution in [0.5, 0.6) is 0 Å². The number of hydrogen-bond acceptors (Lipinski definition) is 4. The van der Waals surface area contributed by atoms with Gasteiger partial charge in [-0.1, -0.05) is 37.0 Å². The van der Waals surface area contributed by atoms with Gasteiger partial charge in [0, 0.05) is 18.9 Å². The lowest BCUT2D eigenvalue weighted by Gasteiger charge is -2.16. The van der Waals surface area contributed by atoms with E-state index in [-0.39, 0.29) is 26.5 Å². The van der Waals surface area contributed by atoms with Crippen molar-refractivity contribution in [3.63, 3.8) is 0 Å². The Morgan fingerprint density at radius 2 is 1.78 bits per heavy atom. The summed E-state index contributed by atoms with van der Waals surface area (Å²) in [6.45, 7) is 6.81. The topological polar surface area (TPSA) is 72.5 Å². The van der Waals surface area contributed by atoms with Gasteiger partial charge in [0.1, 0.15) is 0 Å². The van der Waals surface area contributed by atoms with Gasteiger partial charge in [-0.05, 0) is 25.0 Å². The van der Waals surface area contributed by atoms with E-state index >= 15 is 0 Å². The number of hydrogen-bond donors (Lipinski definition) is 1. The smallest absolute Gasteiger partial charge is 0.253 e. The van der Waals surface area contributed by atoms with E-state index in [1.165, 1.54) is 12.1 Å². The van der Waals surface area contributed by atoms with E-state index in [2.05, 4.69) is 5.32 Å². The van der Waals surface area contributed by atoms with E-state index in [1.807, 2.05) is 13.8 Å². The zero-order valence-corrected chi connectivity index (χ0v) is 15.8. The van der Waals surface area contributed by atoms with Crippen LogP contribution >= 0.6 is 23.2 Å². The van der Waals surface area contributed by atoms with Crippen LogP contribution in [0.2, 0.25) is 10.0 Å². The first kappa shape index (κ1) is 20.2. The fraction of sp³-hybridized carbons (Fsp3) is 0.533. The number of rotatable bonds is 7. The van der Waals surface area contributed by atoms with Crippen LogP contribution < -0.4 is 5.32 Å². The van der Waals surface area contributed by atoms with Gasteiger partial charge in [-0.15, -0.1) is 0 Å². The van der Waals surface area contributed by atoms with Gasteiger partial charge < -0.3 is 10.1 Å². The summed E-state index contributed by atoms with van der Waals surface area (Å²) in [5.41, 5.74) is 0.0622. The highest BCUT2D eigenvalue weighted by Crippen LogP contribution is 2.28. The first-order valence-electron chi connectivity index (χ1n) is 7.10. The van der Waals surface area contributed by atoms with E-state index in [0.717, 1.165) is 6.26 Å². The average Bonchev–Trinajstić information content (AvgIpc) is 2.36. The molecule has 0 aliphatic carbocycles. The van der Waals surface area contributed by atoms with Gasteiger partial charge in [0.2, 0.25) is 0 Å². The summed E-state index contributed by atoms with van der Waals surface area (Å²) in [4.78, 5) is 12.1. The van der Waals surface area contributed by atoms with Crippen LogP contribution in [0.15, 0.2) is 17.0 Å². The molecular formula is C15H21Cl2NO4S. The molecule has 0 bridgehead atoms. The van der Waals surface area contributed by atoms with E-state index in [9.17, 15) is 13.2 Å². The number of benzene rings is 1. The molecule has 0 spiro atoms. The molecule has 0 saturated carbocycles. The zero-order chi connectivity index (χ0) is 17.8. The lowest BCUT2D eigenvalue weighted by Crippen LogP contribution is -2.36. The van der Waals surface area contributed by atoms with Crippen molar-refractivity contribution in [2.45, 2.75) is 31.7 Å². The number of ether oxygens (including phenoxy) is 1. The fourth-order valence-corrected chi connectivity index (χ4v) is 3.45. The van der Waals surface area contributed by atoms with Gasteiger partial charge in [0.15, 0.2) is 9.84 Å². The third kappa shape index (κ3) is 6.30. The van der Waals surface area contributed by atoms with Crippen LogP contribution in [-0.4, -0.2) is 39.8 Å². The summed E-state index contributed by atoms with van der Waals surface area (Å²) < 4.78 is 28.8. The molecule has 0 aromatic heterocycles. The molecule has 0 saturated heterocycles. The molecule has 0 heterocycles. The number of nitrogens with one attached hydrogen (secondary N) is 1. The molecule has 1 aromatic rings. The summed E-state index contributed by atoms with van der Waals surface area (Å²) in [5.74, 6) is -0.0712. The molecule has 1 rings (SSSR count). The SMILES string of the molecule is CC(C)COC[C@@H](C)NC(=O)c1cc(S(C)(=O)=O)c(Cl)cc1Cl. The molecule has 23 heavy (non-hydrogen) atoms. The first-order chi connectivity index (χ1) is 10.5. The van der Waals surface area contributed by atoms with Gasteiger partial charge in [-0.25, -0.2) is 8.42 Å². The number of carbonyl (C=O) groups excluding carboxylic acids is 1. The third-order valence-corrected chi connectivity index (χ3v) is 4.74. The second kappa shape index (κ2) is 8.33. The highest BCUT2D eigenvalue weighted by atomic mass is 35.5. The molecule has 0 unspecified atom stereocenters. The van der Waals surface area contributed by atoms with Gasteiger partial charge in [-0.3, -0.25) is 4.79 Å². The molecule has 130 valence electrons. The van der Waals surface area contributed by atoms with E-state index in [1.54, 1.807) is 6.92 Å². The average molecular weight is 382 g/mol. The second-order valence-electron chi connectivity index (χ2n) is 5.84. The van der Waals surface area contributed by atoms with E-state index < -0.39 is 15.7 Å².